The van der Waals surface area contributed by atoms with E-state index in [4.69, 9.17) is 0 Å². The first-order chi connectivity index (χ1) is 5.99. The van der Waals surface area contributed by atoms with Crippen LogP contribution in [0.2, 0.25) is 0 Å². The number of alkyl halides is 2. The molecule has 3 nitrogen and oxygen atoms in total. The predicted octanol–water partition coefficient (Wildman–Crippen LogP) is 2.48. The van der Waals surface area contributed by atoms with Crippen molar-refractivity contribution < 1.29 is 23.4 Å². The van der Waals surface area contributed by atoms with Gasteiger partial charge in [-0.05, 0) is 28.1 Å². The third kappa shape index (κ3) is 1.31. The van der Waals surface area contributed by atoms with E-state index >= 15 is 0 Å². The van der Waals surface area contributed by atoms with Crippen molar-refractivity contribution in [3.63, 3.8) is 0 Å². The molecule has 0 saturated heterocycles. The average molecular weight is 253 g/mol. The normalized spacial score (nSPS) is 17.5. The lowest BCUT2D eigenvalue weighted by molar-refractivity contribution is -0.287. The zero-order valence-corrected chi connectivity index (χ0v) is 7.64. The van der Waals surface area contributed by atoms with Crippen molar-refractivity contribution in [3.05, 3.63) is 16.6 Å². The van der Waals surface area contributed by atoms with Gasteiger partial charge in [-0.3, -0.25) is 0 Å². The van der Waals surface area contributed by atoms with Crippen LogP contribution in [0.1, 0.15) is 0 Å². The van der Waals surface area contributed by atoms with Crippen LogP contribution in [0.4, 0.5) is 8.78 Å². The summed E-state index contributed by atoms with van der Waals surface area (Å²) in [5.74, 6) is -0.917. The van der Waals surface area contributed by atoms with Crippen LogP contribution in [0.3, 0.4) is 0 Å². The van der Waals surface area contributed by atoms with Crippen LogP contribution in [0.15, 0.2) is 16.6 Å². The zero-order valence-electron chi connectivity index (χ0n) is 6.05. The van der Waals surface area contributed by atoms with E-state index in [0.717, 1.165) is 0 Å². The van der Waals surface area contributed by atoms with Crippen LogP contribution in [0.5, 0.6) is 17.2 Å². The minimum absolute atomic E-state index is 0.175. The molecule has 6 heteroatoms. The number of rotatable bonds is 0. The van der Waals surface area contributed by atoms with E-state index in [1.54, 1.807) is 0 Å². The van der Waals surface area contributed by atoms with Gasteiger partial charge < -0.3 is 14.6 Å². The molecule has 1 aromatic rings. The average Bonchev–Trinajstić information content (AvgIpc) is 2.34. The summed E-state index contributed by atoms with van der Waals surface area (Å²) in [4.78, 5) is 0. The van der Waals surface area contributed by atoms with Gasteiger partial charge in [0.2, 0.25) is 5.75 Å². The molecular weight excluding hydrogens is 250 g/mol. The van der Waals surface area contributed by atoms with Gasteiger partial charge in [0, 0.05) is 0 Å². The lowest BCUT2D eigenvalue weighted by Gasteiger charge is -2.04. The molecule has 1 heterocycles. The van der Waals surface area contributed by atoms with Crippen LogP contribution in [0.25, 0.3) is 0 Å². The van der Waals surface area contributed by atoms with Crippen molar-refractivity contribution in [2.45, 2.75) is 6.29 Å². The molecule has 0 bridgehead atoms. The van der Waals surface area contributed by atoms with E-state index in [1.165, 1.54) is 12.1 Å². The SMILES string of the molecule is Oc1c(Br)ccc2c1OC(F)(F)O2. The Morgan fingerprint density at radius 2 is 2.00 bits per heavy atom. The molecule has 0 radical (unpaired) electrons. The molecule has 0 spiro atoms. The summed E-state index contributed by atoms with van der Waals surface area (Å²) >= 11 is 2.96. The fourth-order valence-corrected chi connectivity index (χ4v) is 1.29. The van der Waals surface area contributed by atoms with Crippen LogP contribution in [0, 0.1) is 0 Å². The monoisotopic (exact) mass is 252 g/mol. The van der Waals surface area contributed by atoms with Crippen molar-refractivity contribution >= 4 is 15.9 Å². The van der Waals surface area contributed by atoms with E-state index in [0.29, 0.717) is 0 Å². The van der Waals surface area contributed by atoms with E-state index in [1.807, 2.05) is 0 Å². The number of hydrogen-bond acceptors (Lipinski definition) is 3. The third-order valence-electron chi connectivity index (χ3n) is 1.50. The highest BCUT2D eigenvalue weighted by molar-refractivity contribution is 9.10. The van der Waals surface area contributed by atoms with Crippen molar-refractivity contribution in [2.24, 2.45) is 0 Å². The maximum atomic E-state index is 12.5. The molecule has 0 saturated carbocycles. The first kappa shape index (κ1) is 8.55. The van der Waals surface area contributed by atoms with Gasteiger partial charge in [-0.25, -0.2) is 0 Å². The summed E-state index contributed by atoms with van der Waals surface area (Å²) in [6.45, 7) is 0. The maximum absolute atomic E-state index is 12.5. The number of phenolic OH excluding ortho intramolecular Hbond substituents is 1. The van der Waals surface area contributed by atoms with E-state index in [9.17, 15) is 13.9 Å². The number of aromatic hydroxyl groups is 1. The summed E-state index contributed by atoms with van der Waals surface area (Å²) in [5.41, 5.74) is 0. The molecule has 0 atom stereocenters. The quantitative estimate of drug-likeness (QED) is 0.771. The Labute approximate surface area is 80.0 Å². The van der Waals surface area contributed by atoms with Gasteiger partial charge in [-0.15, -0.1) is 8.78 Å². The fourth-order valence-electron chi connectivity index (χ4n) is 0.975. The Balaban J connectivity index is 2.53. The Morgan fingerprint density at radius 3 is 2.69 bits per heavy atom. The second kappa shape index (κ2) is 2.47. The van der Waals surface area contributed by atoms with E-state index in [2.05, 4.69) is 25.4 Å². The molecule has 0 unspecified atom stereocenters. The highest BCUT2D eigenvalue weighted by atomic mass is 79.9. The Hall–Kier alpha value is -1.04. The summed E-state index contributed by atoms with van der Waals surface area (Å²) in [6.07, 6.45) is -3.69. The third-order valence-corrected chi connectivity index (χ3v) is 2.14. The number of halogens is 3. The molecule has 13 heavy (non-hydrogen) atoms. The van der Waals surface area contributed by atoms with Gasteiger partial charge in [0.1, 0.15) is 0 Å². The molecule has 0 amide bonds. The molecule has 1 aromatic carbocycles. The van der Waals surface area contributed by atoms with Gasteiger partial charge in [-0.1, -0.05) is 0 Å². The lowest BCUT2D eigenvalue weighted by Crippen LogP contribution is -2.25. The van der Waals surface area contributed by atoms with Gasteiger partial charge in [0.25, 0.3) is 0 Å². The standard InChI is InChI=1S/C7H3BrF2O3/c8-3-1-2-4-6(5(3)11)13-7(9,10)12-4/h1-2,11H. The van der Waals surface area contributed by atoms with Gasteiger partial charge in [0.05, 0.1) is 4.47 Å². The number of hydrogen-bond donors (Lipinski definition) is 1. The molecule has 1 aliphatic rings. The predicted molar refractivity (Wildman–Crippen MR) is 42.0 cm³/mol. The van der Waals surface area contributed by atoms with Crippen molar-refractivity contribution in [1.29, 1.82) is 0 Å². The van der Waals surface area contributed by atoms with Crippen LogP contribution in [-0.2, 0) is 0 Å². The zero-order chi connectivity index (χ0) is 9.64. The van der Waals surface area contributed by atoms with Crippen LogP contribution < -0.4 is 9.47 Å². The maximum Gasteiger partial charge on any atom is 0.586 e. The van der Waals surface area contributed by atoms with Gasteiger partial charge >= 0.3 is 6.29 Å². The Kier molecular flexibility index (Phi) is 1.63. The molecule has 70 valence electrons. The van der Waals surface area contributed by atoms with E-state index < -0.39 is 12.0 Å². The minimum atomic E-state index is -3.69. The van der Waals surface area contributed by atoms with Crippen molar-refractivity contribution in [2.75, 3.05) is 0 Å². The Morgan fingerprint density at radius 1 is 1.31 bits per heavy atom. The summed E-state index contributed by atoms with van der Waals surface area (Å²) < 4.78 is 33.4. The van der Waals surface area contributed by atoms with Crippen molar-refractivity contribution in [1.82, 2.24) is 0 Å². The molecular formula is C7H3BrF2O3. The Bertz CT molecular complexity index is 367. The molecule has 0 aliphatic carbocycles. The molecule has 1 N–H and O–H groups in total. The van der Waals surface area contributed by atoms with Crippen molar-refractivity contribution in [3.8, 4) is 17.2 Å². The van der Waals surface area contributed by atoms with Crippen LogP contribution >= 0.6 is 15.9 Å². The summed E-state index contributed by atoms with van der Waals surface area (Å²) in [7, 11) is 0. The molecule has 1 aliphatic heterocycles. The second-order valence-electron chi connectivity index (χ2n) is 2.39. The first-order valence-electron chi connectivity index (χ1n) is 3.27. The number of fused-ring (bicyclic) bond motifs is 1. The number of ether oxygens (including phenoxy) is 2. The largest absolute Gasteiger partial charge is 0.586 e. The topological polar surface area (TPSA) is 38.7 Å². The summed E-state index contributed by atoms with van der Waals surface area (Å²) in [5, 5.41) is 9.27. The minimum Gasteiger partial charge on any atom is -0.503 e. The fraction of sp³-hybridized carbons (Fsp3) is 0.143. The highest BCUT2D eigenvalue weighted by Crippen LogP contribution is 2.49. The van der Waals surface area contributed by atoms with E-state index in [-0.39, 0.29) is 16.0 Å². The number of phenols is 1. The number of benzene rings is 1. The van der Waals surface area contributed by atoms with Crippen LogP contribution in [-0.4, -0.2) is 11.4 Å². The van der Waals surface area contributed by atoms with Gasteiger partial charge in [0.15, 0.2) is 11.5 Å². The lowest BCUT2D eigenvalue weighted by atomic mass is 10.3. The first-order valence-corrected chi connectivity index (χ1v) is 4.06. The second-order valence-corrected chi connectivity index (χ2v) is 3.25. The molecule has 0 aromatic heterocycles. The summed E-state index contributed by atoms with van der Waals surface area (Å²) in [6, 6.07) is 2.67. The molecule has 0 fully saturated rings. The molecule has 2 rings (SSSR count). The van der Waals surface area contributed by atoms with Gasteiger partial charge in [-0.2, -0.15) is 0 Å². The highest BCUT2D eigenvalue weighted by Gasteiger charge is 2.45. The smallest absolute Gasteiger partial charge is 0.503 e.